The Labute approximate surface area is 125 Å². The van der Waals surface area contributed by atoms with E-state index in [1.807, 2.05) is 19.1 Å². The summed E-state index contributed by atoms with van der Waals surface area (Å²) < 4.78 is 27.0. The quantitative estimate of drug-likeness (QED) is 0.763. The molecular formula is C14H20N4O2S. The van der Waals surface area contributed by atoms with E-state index >= 15 is 0 Å². The Morgan fingerprint density at radius 2 is 1.95 bits per heavy atom. The smallest absolute Gasteiger partial charge is 0.265 e. The molecule has 114 valence electrons. The Morgan fingerprint density at radius 3 is 2.48 bits per heavy atom. The van der Waals surface area contributed by atoms with Crippen LogP contribution in [0.5, 0.6) is 0 Å². The molecule has 21 heavy (non-hydrogen) atoms. The number of rotatable bonds is 6. The molecule has 2 aromatic rings. The standard InChI is InChI=1S/C14H20N4O2S/c1-4-15-10(2)12-5-7-13(8-6-12)18-21(19,20)14-9-16-17-11(14)3/h5-10,15,18H,4H2,1-3H3,(H,16,17). The van der Waals surface area contributed by atoms with Crippen molar-refractivity contribution < 1.29 is 8.42 Å². The van der Waals surface area contributed by atoms with Crippen molar-refractivity contribution in [2.24, 2.45) is 0 Å². The molecule has 1 aromatic heterocycles. The van der Waals surface area contributed by atoms with Gasteiger partial charge in [-0.2, -0.15) is 5.10 Å². The van der Waals surface area contributed by atoms with Gasteiger partial charge < -0.3 is 5.32 Å². The zero-order valence-corrected chi connectivity index (χ0v) is 13.2. The lowest BCUT2D eigenvalue weighted by Crippen LogP contribution is -2.17. The molecule has 0 saturated heterocycles. The van der Waals surface area contributed by atoms with Crippen LogP contribution in [0.25, 0.3) is 0 Å². The molecule has 0 amide bonds. The number of benzene rings is 1. The number of aromatic nitrogens is 2. The van der Waals surface area contributed by atoms with E-state index in [0.29, 0.717) is 11.4 Å². The fraction of sp³-hybridized carbons (Fsp3) is 0.357. The van der Waals surface area contributed by atoms with Gasteiger partial charge in [0.15, 0.2) is 0 Å². The normalized spacial score (nSPS) is 13.1. The first-order valence-electron chi connectivity index (χ1n) is 6.80. The van der Waals surface area contributed by atoms with E-state index in [1.165, 1.54) is 6.20 Å². The van der Waals surface area contributed by atoms with Gasteiger partial charge in [0, 0.05) is 11.7 Å². The molecule has 1 aromatic carbocycles. The van der Waals surface area contributed by atoms with Crippen molar-refractivity contribution in [3.63, 3.8) is 0 Å². The van der Waals surface area contributed by atoms with Crippen molar-refractivity contribution in [3.8, 4) is 0 Å². The monoisotopic (exact) mass is 308 g/mol. The van der Waals surface area contributed by atoms with Crippen LogP contribution in [0.15, 0.2) is 35.4 Å². The van der Waals surface area contributed by atoms with Crippen LogP contribution in [0.3, 0.4) is 0 Å². The molecule has 2 rings (SSSR count). The van der Waals surface area contributed by atoms with Crippen LogP contribution < -0.4 is 10.0 Å². The molecule has 7 heteroatoms. The van der Waals surface area contributed by atoms with Crippen molar-refractivity contribution >= 4 is 15.7 Å². The van der Waals surface area contributed by atoms with Crippen LogP contribution >= 0.6 is 0 Å². The first kappa shape index (κ1) is 15.5. The highest BCUT2D eigenvalue weighted by atomic mass is 32.2. The van der Waals surface area contributed by atoms with Crippen LogP contribution in [0.1, 0.15) is 31.1 Å². The molecule has 0 fully saturated rings. The molecule has 0 spiro atoms. The molecule has 0 aliphatic carbocycles. The van der Waals surface area contributed by atoms with Crippen LogP contribution in [0.4, 0.5) is 5.69 Å². The second kappa shape index (κ2) is 6.28. The lowest BCUT2D eigenvalue weighted by Gasteiger charge is -2.13. The van der Waals surface area contributed by atoms with Crippen LogP contribution in [-0.4, -0.2) is 25.2 Å². The van der Waals surface area contributed by atoms with Crippen molar-refractivity contribution in [1.82, 2.24) is 15.5 Å². The van der Waals surface area contributed by atoms with Crippen LogP contribution in [0, 0.1) is 6.92 Å². The third kappa shape index (κ3) is 3.62. The van der Waals surface area contributed by atoms with Gasteiger partial charge in [0.2, 0.25) is 0 Å². The van der Waals surface area contributed by atoms with Gasteiger partial charge in [-0.1, -0.05) is 19.1 Å². The molecule has 0 radical (unpaired) electrons. The summed E-state index contributed by atoms with van der Waals surface area (Å²) in [6, 6.07) is 7.57. The average molecular weight is 308 g/mol. The highest BCUT2D eigenvalue weighted by Crippen LogP contribution is 2.20. The number of hydrogen-bond acceptors (Lipinski definition) is 4. The third-order valence-corrected chi connectivity index (χ3v) is 4.74. The van der Waals surface area contributed by atoms with Gasteiger partial charge in [0.25, 0.3) is 10.0 Å². The summed E-state index contributed by atoms with van der Waals surface area (Å²) in [5.41, 5.74) is 2.15. The van der Waals surface area contributed by atoms with E-state index in [4.69, 9.17) is 0 Å². The lowest BCUT2D eigenvalue weighted by atomic mass is 10.1. The second-order valence-corrected chi connectivity index (χ2v) is 6.52. The predicted octanol–water partition coefficient (Wildman–Crippen LogP) is 2.19. The Bertz CT molecular complexity index is 692. The molecule has 0 aliphatic rings. The molecule has 0 aliphatic heterocycles. The fourth-order valence-electron chi connectivity index (χ4n) is 2.08. The fourth-order valence-corrected chi connectivity index (χ4v) is 3.28. The Morgan fingerprint density at radius 1 is 1.29 bits per heavy atom. The molecule has 1 heterocycles. The Balaban J connectivity index is 2.15. The summed E-state index contributed by atoms with van der Waals surface area (Å²) in [5.74, 6) is 0. The van der Waals surface area contributed by atoms with E-state index in [1.54, 1.807) is 19.1 Å². The number of nitrogens with one attached hydrogen (secondary N) is 3. The maximum absolute atomic E-state index is 12.2. The van der Waals surface area contributed by atoms with Crippen molar-refractivity contribution in [2.75, 3.05) is 11.3 Å². The van der Waals surface area contributed by atoms with Crippen LogP contribution in [-0.2, 0) is 10.0 Å². The summed E-state index contributed by atoms with van der Waals surface area (Å²) in [4.78, 5) is 0.160. The first-order chi connectivity index (χ1) is 9.94. The maximum atomic E-state index is 12.2. The number of aromatic amines is 1. The van der Waals surface area contributed by atoms with E-state index in [2.05, 4.69) is 27.2 Å². The van der Waals surface area contributed by atoms with Gasteiger partial charge >= 0.3 is 0 Å². The topological polar surface area (TPSA) is 86.9 Å². The zero-order chi connectivity index (χ0) is 15.5. The largest absolute Gasteiger partial charge is 0.310 e. The minimum absolute atomic E-state index is 0.160. The molecule has 1 atom stereocenters. The van der Waals surface area contributed by atoms with Crippen molar-refractivity contribution in [2.45, 2.75) is 31.7 Å². The highest BCUT2D eigenvalue weighted by Gasteiger charge is 2.18. The summed E-state index contributed by atoms with van der Waals surface area (Å²) in [5, 5.41) is 9.66. The zero-order valence-electron chi connectivity index (χ0n) is 12.3. The average Bonchev–Trinajstić information content (AvgIpc) is 2.86. The number of hydrogen-bond donors (Lipinski definition) is 3. The molecule has 1 unspecified atom stereocenters. The summed E-state index contributed by atoms with van der Waals surface area (Å²) in [6.07, 6.45) is 1.30. The number of nitrogens with zero attached hydrogens (tertiary/aromatic N) is 1. The molecule has 0 bridgehead atoms. The summed E-state index contributed by atoms with van der Waals surface area (Å²) >= 11 is 0. The SMILES string of the molecule is CCNC(C)c1ccc(NS(=O)(=O)c2cn[nH]c2C)cc1. The summed E-state index contributed by atoms with van der Waals surface area (Å²) in [7, 11) is -3.60. The van der Waals surface area contributed by atoms with E-state index in [0.717, 1.165) is 12.1 Å². The van der Waals surface area contributed by atoms with E-state index in [9.17, 15) is 8.42 Å². The van der Waals surface area contributed by atoms with Gasteiger partial charge in [-0.15, -0.1) is 0 Å². The third-order valence-electron chi connectivity index (χ3n) is 3.25. The van der Waals surface area contributed by atoms with Crippen LogP contribution in [0.2, 0.25) is 0 Å². The summed E-state index contributed by atoms with van der Waals surface area (Å²) in [6.45, 7) is 6.67. The van der Waals surface area contributed by atoms with E-state index < -0.39 is 10.0 Å². The minimum Gasteiger partial charge on any atom is -0.310 e. The van der Waals surface area contributed by atoms with Gasteiger partial charge in [-0.05, 0) is 38.1 Å². The Kier molecular flexibility index (Phi) is 4.64. The minimum atomic E-state index is -3.60. The number of aryl methyl sites for hydroxylation is 1. The molecule has 3 N–H and O–H groups in total. The maximum Gasteiger partial charge on any atom is 0.265 e. The molecule has 6 nitrogen and oxygen atoms in total. The van der Waals surface area contributed by atoms with Gasteiger partial charge in [0.1, 0.15) is 4.90 Å². The Hall–Kier alpha value is -1.86. The van der Waals surface area contributed by atoms with Crippen molar-refractivity contribution in [3.05, 3.63) is 41.7 Å². The first-order valence-corrected chi connectivity index (χ1v) is 8.28. The number of H-pyrrole nitrogens is 1. The number of anilines is 1. The van der Waals surface area contributed by atoms with Gasteiger partial charge in [-0.3, -0.25) is 9.82 Å². The highest BCUT2D eigenvalue weighted by molar-refractivity contribution is 7.92. The van der Waals surface area contributed by atoms with Crippen molar-refractivity contribution in [1.29, 1.82) is 0 Å². The molecular weight excluding hydrogens is 288 g/mol. The second-order valence-electron chi connectivity index (χ2n) is 4.87. The lowest BCUT2D eigenvalue weighted by molar-refractivity contribution is 0.598. The molecule has 0 saturated carbocycles. The van der Waals surface area contributed by atoms with Gasteiger partial charge in [-0.25, -0.2) is 8.42 Å². The van der Waals surface area contributed by atoms with Gasteiger partial charge in [0.05, 0.1) is 11.9 Å². The van der Waals surface area contributed by atoms with E-state index in [-0.39, 0.29) is 10.9 Å². The number of sulfonamides is 1. The predicted molar refractivity (Wildman–Crippen MR) is 82.7 cm³/mol.